The van der Waals surface area contributed by atoms with Gasteiger partial charge in [0.15, 0.2) is 0 Å². The minimum atomic E-state index is -2.89. The summed E-state index contributed by atoms with van der Waals surface area (Å²) in [6, 6.07) is 55.4. The zero-order valence-corrected chi connectivity index (χ0v) is 30.7. The maximum Gasteiger partial charge on any atom is 4.00 e. The molecule has 0 spiro atoms. The van der Waals surface area contributed by atoms with Crippen molar-refractivity contribution >= 4 is 71.9 Å². The third-order valence-corrected chi connectivity index (χ3v) is 14.7. The van der Waals surface area contributed by atoms with E-state index >= 15 is 0 Å². The van der Waals surface area contributed by atoms with E-state index in [9.17, 15) is 0 Å². The average molecular weight is 688 g/mol. The fourth-order valence-electron chi connectivity index (χ4n) is 7.88. The molecule has 0 unspecified atom stereocenters. The first-order chi connectivity index (χ1) is 21.3. The topological polar surface area (TPSA) is 0 Å². The second kappa shape index (κ2) is 13.5. The van der Waals surface area contributed by atoms with E-state index in [2.05, 4.69) is 159 Å². The third-order valence-electron chi connectivity index (χ3n) is 9.65. The molecule has 0 aliphatic heterocycles. The Labute approximate surface area is 294 Å². The predicted octanol–water partition coefficient (Wildman–Crippen LogP) is 9.14. The first-order valence-corrected chi connectivity index (χ1v) is 17.6. The maximum absolute atomic E-state index is 2.89. The molecule has 8 rings (SSSR count). The zero-order chi connectivity index (χ0) is 29.0. The summed E-state index contributed by atoms with van der Waals surface area (Å²) in [6.07, 6.45) is 1.99. The van der Waals surface area contributed by atoms with Crippen molar-refractivity contribution in [2.75, 3.05) is 0 Å². The molecule has 2 heteroatoms. The van der Waals surface area contributed by atoms with Crippen LogP contribution in [0.15, 0.2) is 146 Å². The quantitative estimate of drug-likeness (QED) is 0.121. The van der Waals surface area contributed by atoms with Gasteiger partial charge in [-0.3, -0.25) is 0 Å². The summed E-state index contributed by atoms with van der Waals surface area (Å²) in [7, 11) is -2.89. The van der Waals surface area contributed by atoms with Gasteiger partial charge in [-0.1, -0.05) is 156 Å². The standard InChI is InChI=1S/C42H34Si.2CH3.Zr/c1-3-29-27-33-25-23-31-15-11-13-21-37(31)39(33)41(29)43(35-17-7-5-8-18-35,36-19-9-6-10-20-36)42-30(4-2)28-34-26-24-32-16-12-14-22-38(32)40(34)42;;;/h5-28H,3-4H2,1-2H3;2*1H3;/q-2;2*-1;+4. The Morgan fingerprint density at radius 3 is 1.22 bits per heavy atom. The average Bonchev–Trinajstić information content (AvgIpc) is 3.66. The summed E-state index contributed by atoms with van der Waals surface area (Å²) in [6.45, 7) is 4.68. The molecule has 0 nitrogen and oxygen atoms in total. The molecule has 8 aromatic rings. The summed E-state index contributed by atoms with van der Waals surface area (Å²) in [5, 5.41) is 16.9. The van der Waals surface area contributed by atoms with E-state index in [1.165, 1.54) is 64.6 Å². The van der Waals surface area contributed by atoms with Crippen LogP contribution in [0.25, 0.3) is 43.1 Å². The molecule has 0 aromatic heterocycles. The SMILES string of the molecule is CCc1[cH-]c2ccc3ccccc3c2c1[Si](c1ccccc1)(c1ccccc1)c1c(CC)[cH-]c2ccc3ccccc3c12.[CH3-].[CH3-].[Zr+4]. The minimum Gasteiger partial charge on any atom is -0.358 e. The van der Waals surface area contributed by atoms with Crippen LogP contribution in [0.3, 0.4) is 0 Å². The van der Waals surface area contributed by atoms with E-state index in [1.54, 1.807) is 10.4 Å². The van der Waals surface area contributed by atoms with Crippen molar-refractivity contribution in [3.8, 4) is 0 Å². The molecular weight excluding hydrogens is 648 g/mol. The van der Waals surface area contributed by atoms with Gasteiger partial charge in [-0.25, -0.2) is 0 Å². The fourth-order valence-corrected chi connectivity index (χ4v) is 13.8. The van der Waals surface area contributed by atoms with Crippen molar-refractivity contribution in [2.24, 2.45) is 0 Å². The summed E-state index contributed by atoms with van der Waals surface area (Å²) in [5.74, 6) is 0. The molecule has 0 heterocycles. The van der Waals surface area contributed by atoms with Crippen LogP contribution in [0.5, 0.6) is 0 Å². The molecule has 0 radical (unpaired) electrons. The molecule has 224 valence electrons. The number of aryl methyl sites for hydroxylation is 2. The molecule has 0 aliphatic carbocycles. The van der Waals surface area contributed by atoms with Crippen LogP contribution in [0.4, 0.5) is 0 Å². The Morgan fingerprint density at radius 1 is 0.457 bits per heavy atom. The molecule has 0 aliphatic rings. The van der Waals surface area contributed by atoms with Crippen molar-refractivity contribution in [3.63, 3.8) is 0 Å². The largest absolute Gasteiger partial charge is 4.00 e. The number of rotatable bonds is 6. The summed E-state index contributed by atoms with van der Waals surface area (Å²) in [4.78, 5) is 0. The molecule has 0 N–H and O–H groups in total. The van der Waals surface area contributed by atoms with Gasteiger partial charge >= 0.3 is 26.2 Å². The number of hydrogen-bond acceptors (Lipinski definition) is 0. The Balaban J connectivity index is 0.00000139. The van der Waals surface area contributed by atoms with Crippen LogP contribution < -0.4 is 20.7 Å². The van der Waals surface area contributed by atoms with E-state index in [1.807, 2.05) is 0 Å². The van der Waals surface area contributed by atoms with Gasteiger partial charge in [-0.15, -0.1) is 67.3 Å². The molecule has 8 aromatic carbocycles. The zero-order valence-electron chi connectivity index (χ0n) is 27.3. The van der Waals surface area contributed by atoms with Gasteiger partial charge in [-0.2, -0.15) is 0 Å². The van der Waals surface area contributed by atoms with Gasteiger partial charge < -0.3 is 14.9 Å². The first-order valence-electron chi connectivity index (χ1n) is 15.6. The van der Waals surface area contributed by atoms with Gasteiger partial charge in [0.25, 0.3) is 0 Å². The second-order valence-corrected chi connectivity index (χ2v) is 15.4. The minimum absolute atomic E-state index is 0. The third kappa shape index (κ3) is 4.90. The smallest absolute Gasteiger partial charge is 0.358 e. The van der Waals surface area contributed by atoms with Gasteiger partial charge in [0.2, 0.25) is 0 Å². The van der Waals surface area contributed by atoms with Crippen LogP contribution in [0.1, 0.15) is 25.0 Å². The second-order valence-electron chi connectivity index (χ2n) is 11.8. The van der Waals surface area contributed by atoms with E-state index in [-0.39, 0.29) is 41.1 Å². The Morgan fingerprint density at radius 2 is 0.826 bits per heavy atom. The monoisotopic (exact) mass is 686 g/mol. The van der Waals surface area contributed by atoms with Crippen molar-refractivity contribution in [1.29, 1.82) is 0 Å². The fraction of sp³-hybridized carbons (Fsp3) is 0.0909. The molecule has 0 bridgehead atoms. The number of benzene rings is 6. The Hall–Kier alpha value is -3.84. The predicted molar refractivity (Wildman–Crippen MR) is 203 cm³/mol. The van der Waals surface area contributed by atoms with Crippen LogP contribution >= 0.6 is 0 Å². The molecule has 0 atom stereocenters. The van der Waals surface area contributed by atoms with Crippen molar-refractivity contribution < 1.29 is 26.2 Å². The van der Waals surface area contributed by atoms with Gasteiger partial charge in [0.05, 0.1) is 8.07 Å². The van der Waals surface area contributed by atoms with Gasteiger partial charge in [0, 0.05) is 0 Å². The summed E-state index contributed by atoms with van der Waals surface area (Å²) < 4.78 is 0. The molecule has 46 heavy (non-hydrogen) atoms. The summed E-state index contributed by atoms with van der Waals surface area (Å²) in [5.41, 5.74) is 2.95. The van der Waals surface area contributed by atoms with Crippen molar-refractivity contribution in [3.05, 3.63) is 172 Å². The molecular formula is C44H40SiZr. The van der Waals surface area contributed by atoms with Crippen LogP contribution in [0, 0.1) is 14.9 Å². The first kappa shape index (κ1) is 33.5. The van der Waals surface area contributed by atoms with E-state index in [0.717, 1.165) is 12.8 Å². The Kier molecular flexibility index (Phi) is 9.83. The van der Waals surface area contributed by atoms with Crippen LogP contribution in [-0.4, -0.2) is 8.07 Å². The van der Waals surface area contributed by atoms with Gasteiger partial charge in [0.1, 0.15) is 0 Å². The van der Waals surface area contributed by atoms with E-state index < -0.39 is 8.07 Å². The normalized spacial score (nSPS) is 11.3. The molecule has 0 saturated heterocycles. The van der Waals surface area contributed by atoms with E-state index in [4.69, 9.17) is 0 Å². The van der Waals surface area contributed by atoms with Crippen molar-refractivity contribution in [1.82, 2.24) is 0 Å². The summed E-state index contributed by atoms with van der Waals surface area (Å²) >= 11 is 0. The molecule has 0 saturated carbocycles. The maximum atomic E-state index is 2.50. The number of fused-ring (bicyclic) bond motifs is 6. The van der Waals surface area contributed by atoms with Crippen LogP contribution in [-0.2, 0) is 39.0 Å². The van der Waals surface area contributed by atoms with E-state index in [0.29, 0.717) is 0 Å². The molecule has 0 fully saturated rings. The number of hydrogen-bond donors (Lipinski definition) is 0. The Bertz CT molecular complexity index is 2090. The van der Waals surface area contributed by atoms with Crippen LogP contribution in [0.2, 0.25) is 0 Å². The molecule has 0 amide bonds. The van der Waals surface area contributed by atoms with Gasteiger partial charge in [-0.05, 0) is 23.6 Å². The van der Waals surface area contributed by atoms with Crippen molar-refractivity contribution in [2.45, 2.75) is 26.7 Å².